The largest absolute Gasteiger partial charge is 0.497 e. The number of hydrogen-bond donors (Lipinski definition) is 1. The van der Waals surface area contributed by atoms with Gasteiger partial charge in [0, 0.05) is 24.2 Å². The second kappa shape index (κ2) is 6.29. The predicted octanol–water partition coefficient (Wildman–Crippen LogP) is 3.23. The molecule has 2 rings (SSSR count). The van der Waals surface area contributed by atoms with Crippen molar-refractivity contribution in [1.29, 1.82) is 0 Å². The van der Waals surface area contributed by atoms with Gasteiger partial charge < -0.3 is 14.8 Å². The minimum atomic E-state index is 0.627. The van der Waals surface area contributed by atoms with Crippen LogP contribution in [0.5, 0.6) is 11.5 Å². The lowest BCUT2D eigenvalue weighted by Crippen LogP contribution is -2.32. The molecular formula is C16H25NO2. The van der Waals surface area contributed by atoms with Crippen molar-refractivity contribution in [3.63, 3.8) is 0 Å². The molecule has 0 bridgehead atoms. The third-order valence-corrected chi connectivity index (χ3v) is 4.51. The van der Waals surface area contributed by atoms with Gasteiger partial charge in [-0.3, -0.25) is 0 Å². The third kappa shape index (κ3) is 3.21. The molecule has 0 heterocycles. The highest BCUT2D eigenvalue weighted by molar-refractivity contribution is 5.40. The number of nitrogens with one attached hydrogen (secondary N) is 1. The van der Waals surface area contributed by atoms with E-state index in [9.17, 15) is 0 Å². The molecule has 3 nitrogen and oxygen atoms in total. The molecule has 3 heteroatoms. The summed E-state index contributed by atoms with van der Waals surface area (Å²) in [6.07, 6.45) is 2.61. The van der Waals surface area contributed by atoms with E-state index in [1.54, 1.807) is 14.2 Å². The van der Waals surface area contributed by atoms with E-state index >= 15 is 0 Å². The van der Waals surface area contributed by atoms with Crippen molar-refractivity contribution in [2.45, 2.75) is 39.3 Å². The third-order valence-electron chi connectivity index (χ3n) is 4.51. The highest BCUT2D eigenvalue weighted by Crippen LogP contribution is 2.32. The predicted molar refractivity (Wildman–Crippen MR) is 77.7 cm³/mol. The summed E-state index contributed by atoms with van der Waals surface area (Å²) in [7, 11) is 3.38. The maximum Gasteiger partial charge on any atom is 0.127 e. The molecular weight excluding hydrogens is 238 g/mol. The molecule has 1 aromatic rings. The van der Waals surface area contributed by atoms with E-state index in [1.165, 1.54) is 18.4 Å². The average molecular weight is 263 g/mol. The normalized spacial score (nSPS) is 26.4. The van der Waals surface area contributed by atoms with E-state index < -0.39 is 0 Å². The Morgan fingerprint density at radius 3 is 2.53 bits per heavy atom. The van der Waals surface area contributed by atoms with Gasteiger partial charge in [-0.15, -0.1) is 0 Å². The molecule has 0 spiro atoms. The van der Waals surface area contributed by atoms with E-state index in [0.717, 1.165) is 29.9 Å². The molecule has 19 heavy (non-hydrogen) atoms. The lowest BCUT2D eigenvalue weighted by molar-refractivity contribution is 0.362. The average Bonchev–Trinajstić information content (AvgIpc) is 2.76. The van der Waals surface area contributed by atoms with Crippen LogP contribution in [0.2, 0.25) is 0 Å². The Morgan fingerprint density at radius 1 is 1.16 bits per heavy atom. The van der Waals surface area contributed by atoms with E-state index in [-0.39, 0.29) is 0 Å². The quantitative estimate of drug-likeness (QED) is 0.884. The Labute approximate surface area is 116 Å². The number of benzene rings is 1. The van der Waals surface area contributed by atoms with Gasteiger partial charge in [0.2, 0.25) is 0 Å². The first-order valence-corrected chi connectivity index (χ1v) is 7.10. The molecule has 1 N–H and O–H groups in total. The Balaban J connectivity index is 1.99. The van der Waals surface area contributed by atoms with Crippen molar-refractivity contribution in [3.8, 4) is 11.5 Å². The highest BCUT2D eigenvalue weighted by atomic mass is 16.5. The summed E-state index contributed by atoms with van der Waals surface area (Å²) < 4.78 is 10.7. The van der Waals surface area contributed by atoms with Crippen LogP contribution in [0.3, 0.4) is 0 Å². The monoisotopic (exact) mass is 263 g/mol. The Hall–Kier alpha value is -1.22. The van der Waals surface area contributed by atoms with Gasteiger partial charge in [-0.05, 0) is 30.7 Å². The Kier molecular flexibility index (Phi) is 4.70. The van der Waals surface area contributed by atoms with Crippen LogP contribution in [-0.2, 0) is 6.54 Å². The number of hydrogen-bond acceptors (Lipinski definition) is 3. The molecule has 1 saturated carbocycles. The van der Waals surface area contributed by atoms with E-state index in [4.69, 9.17) is 9.47 Å². The van der Waals surface area contributed by atoms with Gasteiger partial charge in [-0.2, -0.15) is 0 Å². The summed E-state index contributed by atoms with van der Waals surface area (Å²) >= 11 is 0. The minimum Gasteiger partial charge on any atom is -0.497 e. The molecule has 0 saturated heterocycles. The van der Waals surface area contributed by atoms with Crippen molar-refractivity contribution in [3.05, 3.63) is 23.8 Å². The number of ether oxygens (including phenoxy) is 2. The number of methoxy groups -OCH3 is 2. The van der Waals surface area contributed by atoms with Crippen LogP contribution in [-0.4, -0.2) is 20.3 Å². The summed E-state index contributed by atoms with van der Waals surface area (Å²) in [6, 6.07) is 6.63. The van der Waals surface area contributed by atoms with Gasteiger partial charge >= 0.3 is 0 Å². The van der Waals surface area contributed by atoms with Gasteiger partial charge in [-0.25, -0.2) is 0 Å². The smallest absolute Gasteiger partial charge is 0.127 e. The summed E-state index contributed by atoms with van der Waals surface area (Å²) in [6.45, 7) is 5.55. The van der Waals surface area contributed by atoms with E-state index in [2.05, 4.69) is 25.2 Å². The SMILES string of the molecule is COc1ccc(CNC2CCC(C)C2C)c(OC)c1. The van der Waals surface area contributed by atoms with Crippen LogP contribution in [0, 0.1) is 11.8 Å². The fourth-order valence-electron chi connectivity index (χ4n) is 2.89. The zero-order chi connectivity index (χ0) is 13.8. The summed E-state index contributed by atoms with van der Waals surface area (Å²) in [5, 5.41) is 3.67. The van der Waals surface area contributed by atoms with Crippen LogP contribution >= 0.6 is 0 Å². The highest BCUT2D eigenvalue weighted by Gasteiger charge is 2.29. The van der Waals surface area contributed by atoms with Crippen molar-refractivity contribution >= 4 is 0 Å². The molecule has 0 aliphatic heterocycles. The molecule has 1 aliphatic carbocycles. The molecule has 0 radical (unpaired) electrons. The molecule has 106 valence electrons. The van der Waals surface area contributed by atoms with Crippen LogP contribution in [0.1, 0.15) is 32.3 Å². The molecule has 0 aromatic heterocycles. The van der Waals surface area contributed by atoms with Gasteiger partial charge in [0.1, 0.15) is 11.5 Å². The van der Waals surface area contributed by atoms with Gasteiger partial charge in [0.25, 0.3) is 0 Å². The molecule has 1 aliphatic rings. The maximum atomic E-state index is 5.43. The first-order chi connectivity index (χ1) is 9.15. The fraction of sp³-hybridized carbons (Fsp3) is 0.625. The zero-order valence-corrected chi connectivity index (χ0v) is 12.4. The van der Waals surface area contributed by atoms with Gasteiger partial charge in [0.05, 0.1) is 14.2 Å². The van der Waals surface area contributed by atoms with Crippen molar-refractivity contribution in [1.82, 2.24) is 5.32 Å². The van der Waals surface area contributed by atoms with E-state index in [1.807, 2.05) is 12.1 Å². The molecule has 3 atom stereocenters. The van der Waals surface area contributed by atoms with Crippen LogP contribution in [0.4, 0.5) is 0 Å². The Bertz CT molecular complexity index is 419. The van der Waals surface area contributed by atoms with Crippen LogP contribution in [0.25, 0.3) is 0 Å². The fourth-order valence-corrected chi connectivity index (χ4v) is 2.89. The second-order valence-corrected chi connectivity index (χ2v) is 5.58. The van der Waals surface area contributed by atoms with Crippen molar-refractivity contribution in [2.24, 2.45) is 11.8 Å². The molecule has 1 fully saturated rings. The zero-order valence-electron chi connectivity index (χ0n) is 12.4. The lowest BCUT2D eigenvalue weighted by atomic mass is 9.97. The maximum absolute atomic E-state index is 5.43. The number of rotatable bonds is 5. The second-order valence-electron chi connectivity index (χ2n) is 5.58. The standard InChI is InChI=1S/C16H25NO2/c1-11-5-8-15(12(11)2)17-10-13-6-7-14(18-3)9-16(13)19-4/h6-7,9,11-12,15,17H,5,8,10H2,1-4H3. The minimum absolute atomic E-state index is 0.627. The summed E-state index contributed by atoms with van der Waals surface area (Å²) in [5.41, 5.74) is 1.19. The van der Waals surface area contributed by atoms with Crippen LogP contribution < -0.4 is 14.8 Å². The molecule has 0 amide bonds. The topological polar surface area (TPSA) is 30.5 Å². The Morgan fingerprint density at radius 2 is 1.95 bits per heavy atom. The van der Waals surface area contributed by atoms with Gasteiger partial charge in [0.15, 0.2) is 0 Å². The van der Waals surface area contributed by atoms with E-state index in [0.29, 0.717) is 6.04 Å². The van der Waals surface area contributed by atoms with Crippen molar-refractivity contribution in [2.75, 3.05) is 14.2 Å². The first-order valence-electron chi connectivity index (χ1n) is 7.10. The van der Waals surface area contributed by atoms with Gasteiger partial charge in [-0.1, -0.05) is 19.9 Å². The lowest BCUT2D eigenvalue weighted by Gasteiger charge is -2.20. The molecule has 1 aromatic carbocycles. The first kappa shape index (κ1) is 14.2. The summed E-state index contributed by atoms with van der Waals surface area (Å²) in [4.78, 5) is 0. The van der Waals surface area contributed by atoms with Crippen molar-refractivity contribution < 1.29 is 9.47 Å². The summed E-state index contributed by atoms with van der Waals surface area (Å²) in [5.74, 6) is 3.31. The molecule has 3 unspecified atom stereocenters. The van der Waals surface area contributed by atoms with Crippen LogP contribution in [0.15, 0.2) is 18.2 Å².